The van der Waals surface area contributed by atoms with Crippen molar-refractivity contribution >= 4 is 17.4 Å². The van der Waals surface area contributed by atoms with Crippen LogP contribution < -0.4 is 16.1 Å². The average Bonchev–Trinajstić information content (AvgIpc) is 2.53. The number of hydrogen-bond donors (Lipinski definition) is 1. The molecule has 138 valence electrons. The first-order chi connectivity index (χ1) is 12.3. The lowest BCUT2D eigenvalue weighted by Crippen LogP contribution is -2.39. The third-order valence-electron chi connectivity index (χ3n) is 4.13. The van der Waals surface area contributed by atoms with Crippen LogP contribution in [-0.2, 0) is 17.8 Å². The highest BCUT2D eigenvalue weighted by atomic mass is 16.2. The Kier molecular flexibility index (Phi) is 5.97. The van der Waals surface area contributed by atoms with E-state index in [0.29, 0.717) is 23.5 Å². The van der Waals surface area contributed by atoms with E-state index in [-0.39, 0.29) is 12.5 Å². The van der Waals surface area contributed by atoms with Gasteiger partial charge in [0, 0.05) is 13.5 Å². The fourth-order valence-corrected chi connectivity index (χ4v) is 3.09. The van der Waals surface area contributed by atoms with Gasteiger partial charge in [0.05, 0.1) is 11.3 Å². The van der Waals surface area contributed by atoms with Crippen molar-refractivity contribution in [2.45, 2.75) is 47.6 Å². The van der Waals surface area contributed by atoms with E-state index in [1.807, 2.05) is 58.0 Å². The van der Waals surface area contributed by atoms with Crippen molar-refractivity contribution in [1.29, 1.82) is 0 Å². The standard InChI is InChI=1S/C20H25N3O3/c1-6-8-9-22-19(17(7-2)18(25)21-20(22)26)23(15(5)24)16-11-13(3)10-14(4)12-16/h6,8,10-12H,7,9H2,1-5H3,(H,21,25,26). The average molecular weight is 355 g/mol. The fraction of sp³-hybridized carbons (Fsp3) is 0.350. The molecule has 0 saturated carbocycles. The summed E-state index contributed by atoms with van der Waals surface area (Å²) < 4.78 is 1.43. The number of carbonyl (C=O) groups is 1. The molecule has 0 saturated heterocycles. The van der Waals surface area contributed by atoms with E-state index < -0.39 is 11.2 Å². The normalized spacial score (nSPS) is 11.1. The second-order valence-electron chi connectivity index (χ2n) is 6.29. The number of H-pyrrole nitrogens is 1. The molecule has 1 heterocycles. The van der Waals surface area contributed by atoms with Gasteiger partial charge in [0.15, 0.2) is 0 Å². The SMILES string of the molecule is CC=CCn1c(N(C(C)=O)c2cc(C)cc(C)c2)c(CC)c(=O)[nH]c1=O. The molecule has 6 heteroatoms. The molecule has 1 amide bonds. The maximum atomic E-state index is 12.6. The van der Waals surface area contributed by atoms with Gasteiger partial charge in [0.2, 0.25) is 5.91 Å². The number of aromatic nitrogens is 2. The Labute approximate surface area is 152 Å². The Hall–Kier alpha value is -2.89. The number of nitrogens with one attached hydrogen (secondary N) is 1. The van der Waals surface area contributed by atoms with E-state index in [4.69, 9.17) is 0 Å². The minimum absolute atomic E-state index is 0.260. The monoisotopic (exact) mass is 355 g/mol. The van der Waals surface area contributed by atoms with Crippen molar-refractivity contribution in [3.8, 4) is 0 Å². The van der Waals surface area contributed by atoms with E-state index in [1.54, 1.807) is 0 Å². The highest BCUT2D eigenvalue weighted by Crippen LogP contribution is 2.29. The predicted molar refractivity (Wildman–Crippen MR) is 104 cm³/mol. The molecule has 0 bridgehead atoms. The lowest BCUT2D eigenvalue weighted by atomic mass is 10.1. The molecule has 1 N–H and O–H groups in total. The van der Waals surface area contributed by atoms with Crippen LogP contribution in [0.4, 0.5) is 11.5 Å². The molecule has 0 aliphatic rings. The minimum atomic E-state index is -0.532. The Morgan fingerprint density at radius 1 is 1.19 bits per heavy atom. The van der Waals surface area contributed by atoms with Crippen molar-refractivity contribution in [1.82, 2.24) is 9.55 Å². The number of allylic oxidation sites excluding steroid dienone is 2. The molecule has 0 aliphatic carbocycles. The van der Waals surface area contributed by atoms with Gasteiger partial charge in [-0.2, -0.15) is 0 Å². The zero-order valence-corrected chi connectivity index (χ0v) is 15.9. The Bertz CT molecular complexity index is 947. The smallest absolute Gasteiger partial charge is 0.275 e. The summed E-state index contributed by atoms with van der Waals surface area (Å²) in [6, 6.07) is 5.76. The molecule has 1 aromatic heterocycles. The van der Waals surface area contributed by atoms with Gasteiger partial charge in [-0.1, -0.05) is 25.1 Å². The number of anilines is 2. The van der Waals surface area contributed by atoms with Crippen LogP contribution >= 0.6 is 0 Å². The molecule has 0 atom stereocenters. The summed E-state index contributed by atoms with van der Waals surface area (Å²) in [5, 5.41) is 0. The van der Waals surface area contributed by atoms with Gasteiger partial charge >= 0.3 is 5.69 Å². The van der Waals surface area contributed by atoms with Crippen molar-refractivity contribution in [2.24, 2.45) is 0 Å². The first-order valence-corrected chi connectivity index (χ1v) is 8.66. The number of nitrogens with zero attached hydrogens (tertiary/aromatic N) is 2. The molecule has 0 radical (unpaired) electrons. The number of rotatable bonds is 5. The molecular formula is C20H25N3O3. The van der Waals surface area contributed by atoms with Gasteiger partial charge in [-0.05, 0) is 50.5 Å². The van der Waals surface area contributed by atoms with E-state index in [0.717, 1.165) is 11.1 Å². The van der Waals surface area contributed by atoms with E-state index >= 15 is 0 Å². The molecule has 2 rings (SSSR count). The zero-order chi connectivity index (χ0) is 19.4. The van der Waals surface area contributed by atoms with Gasteiger partial charge in [0.1, 0.15) is 5.82 Å². The summed E-state index contributed by atoms with van der Waals surface area (Å²) in [6.45, 7) is 9.27. The second-order valence-corrected chi connectivity index (χ2v) is 6.29. The predicted octanol–water partition coefficient (Wildman–Crippen LogP) is 2.98. The van der Waals surface area contributed by atoms with Gasteiger partial charge in [-0.3, -0.25) is 24.0 Å². The molecule has 2 aromatic rings. The van der Waals surface area contributed by atoms with Crippen LogP contribution in [0, 0.1) is 13.8 Å². The molecule has 6 nitrogen and oxygen atoms in total. The first kappa shape index (κ1) is 19.4. The number of aryl methyl sites for hydroxylation is 2. The summed E-state index contributed by atoms with van der Waals surface area (Å²) in [5.74, 6) is 0.0702. The highest BCUT2D eigenvalue weighted by molar-refractivity contribution is 5.99. The third kappa shape index (κ3) is 3.85. The lowest BCUT2D eigenvalue weighted by molar-refractivity contribution is -0.115. The number of amides is 1. The van der Waals surface area contributed by atoms with Crippen LogP contribution in [0.25, 0.3) is 0 Å². The second kappa shape index (κ2) is 7.99. The van der Waals surface area contributed by atoms with Crippen LogP contribution in [-0.4, -0.2) is 15.5 Å². The zero-order valence-electron chi connectivity index (χ0n) is 15.9. The molecule has 1 aromatic carbocycles. The largest absolute Gasteiger partial charge is 0.330 e. The molecular weight excluding hydrogens is 330 g/mol. The van der Waals surface area contributed by atoms with Gasteiger partial charge in [-0.15, -0.1) is 0 Å². The van der Waals surface area contributed by atoms with E-state index in [2.05, 4.69) is 4.98 Å². The Morgan fingerprint density at radius 2 is 1.81 bits per heavy atom. The quantitative estimate of drug-likeness (QED) is 0.838. The van der Waals surface area contributed by atoms with Gasteiger partial charge in [-0.25, -0.2) is 4.79 Å². The minimum Gasteiger partial charge on any atom is -0.275 e. The van der Waals surface area contributed by atoms with E-state index in [9.17, 15) is 14.4 Å². The van der Waals surface area contributed by atoms with Crippen LogP contribution in [0.5, 0.6) is 0 Å². The van der Waals surface area contributed by atoms with E-state index in [1.165, 1.54) is 16.4 Å². The maximum Gasteiger partial charge on any atom is 0.330 e. The van der Waals surface area contributed by atoms with Crippen LogP contribution in [0.15, 0.2) is 39.9 Å². The first-order valence-electron chi connectivity index (χ1n) is 8.66. The Balaban J connectivity index is 2.89. The lowest BCUT2D eigenvalue weighted by Gasteiger charge is -2.27. The fourth-order valence-electron chi connectivity index (χ4n) is 3.09. The number of benzene rings is 1. The van der Waals surface area contributed by atoms with Gasteiger partial charge < -0.3 is 0 Å². The Morgan fingerprint density at radius 3 is 2.31 bits per heavy atom. The topological polar surface area (TPSA) is 75.2 Å². The number of hydrogen-bond acceptors (Lipinski definition) is 3. The van der Waals surface area contributed by atoms with Crippen molar-refractivity contribution in [3.63, 3.8) is 0 Å². The summed E-state index contributed by atoms with van der Waals surface area (Å²) in [5.41, 5.74) is 2.05. The number of aromatic amines is 1. The van der Waals surface area contributed by atoms with Crippen LogP contribution in [0.1, 0.15) is 37.5 Å². The third-order valence-corrected chi connectivity index (χ3v) is 4.13. The van der Waals surface area contributed by atoms with Crippen molar-refractivity contribution in [2.75, 3.05) is 4.90 Å². The maximum absolute atomic E-state index is 12.6. The molecule has 0 spiro atoms. The summed E-state index contributed by atoms with van der Waals surface area (Å²) in [7, 11) is 0. The molecule has 0 unspecified atom stereocenters. The highest BCUT2D eigenvalue weighted by Gasteiger charge is 2.24. The molecule has 0 aliphatic heterocycles. The number of carbonyl (C=O) groups excluding carboxylic acids is 1. The van der Waals surface area contributed by atoms with Gasteiger partial charge in [0.25, 0.3) is 5.56 Å². The summed E-state index contributed by atoms with van der Waals surface area (Å²) in [4.78, 5) is 41.2. The van der Waals surface area contributed by atoms with Crippen molar-refractivity contribution < 1.29 is 4.79 Å². The van der Waals surface area contributed by atoms with Crippen molar-refractivity contribution in [3.05, 3.63) is 67.9 Å². The van der Waals surface area contributed by atoms with Crippen LogP contribution in [0.3, 0.4) is 0 Å². The molecule has 0 fully saturated rings. The van der Waals surface area contributed by atoms with Crippen LogP contribution in [0.2, 0.25) is 0 Å². The summed E-state index contributed by atoms with van der Waals surface area (Å²) >= 11 is 0. The molecule has 26 heavy (non-hydrogen) atoms. The summed E-state index contributed by atoms with van der Waals surface area (Å²) in [6.07, 6.45) is 4.03.